The molecule has 2 unspecified atom stereocenters. The summed E-state index contributed by atoms with van der Waals surface area (Å²) in [6.07, 6.45) is 1.85. The molecule has 1 saturated heterocycles. The molecule has 0 aliphatic carbocycles. The van der Waals surface area contributed by atoms with Crippen LogP contribution in [0.5, 0.6) is 0 Å². The second kappa shape index (κ2) is 6.80. The lowest BCUT2D eigenvalue weighted by atomic mass is 10.0. The molecule has 0 aromatic rings. The van der Waals surface area contributed by atoms with E-state index in [1.54, 1.807) is 0 Å². The van der Waals surface area contributed by atoms with Gasteiger partial charge in [-0.05, 0) is 33.2 Å². The number of hydrogen-bond acceptors (Lipinski definition) is 3. The van der Waals surface area contributed by atoms with E-state index < -0.39 is 0 Å². The summed E-state index contributed by atoms with van der Waals surface area (Å²) in [6, 6.07) is 0.317. The minimum atomic E-state index is 0.150. The molecule has 0 aromatic carbocycles. The van der Waals surface area contributed by atoms with Gasteiger partial charge in [0.1, 0.15) is 0 Å². The first-order chi connectivity index (χ1) is 7.25. The third-order valence-electron chi connectivity index (χ3n) is 2.83. The second-order valence-corrected chi connectivity index (χ2v) is 3.98. The van der Waals surface area contributed by atoms with E-state index in [9.17, 15) is 4.79 Å². The van der Waals surface area contributed by atoms with Gasteiger partial charge in [0.25, 0.3) is 0 Å². The number of carbonyl (C=O) groups excluding carboxylic acids is 1. The first-order valence-electron chi connectivity index (χ1n) is 5.84. The number of amides is 1. The first kappa shape index (κ1) is 12.5. The minimum Gasteiger partial charge on any atom is -0.382 e. The Kier molecular flexibility index (Phi) is 5.65. The van der Waals surface area contributed by atoms with Gasteiger partial charge < -0.3 is 15.4 Å². The highest BCUT2D eigenvalue weighted by atomic mass is 16.5. The highest BCUT2D eigenvalue weighted by Gasteiger charge is 2.28. The average molecular weight is 214 g/mol. The van der Waals surface area contributed by atoms with E-state index in [0.29, 0.717) is 6.04 Å². The molecule has 0 saturated carbocycles. The monoisotopic (exact) mass is 214 g/mol. The Bertz CT molecular complexity index is 197. The fourth-order valence-corrected chi connectivity index (χ4v) is 1.88. The Morgan fingerprint density at radius 2 is 2.40 bits per heavy atom. The van der Waals surface area contributed by atoms with Gasteiger partial charge in [-0.25, -0.2) is 0 Å². The molecule has 2 atom stereocenters. The van der Waals surface area contributed by atoms with Crippen molar-refractivity contribution in [1.82, 2.24) is 10.6 Å². The van der Waals surface area contributed by atoms with Crippen molar-refractivity contribution in [2.45, 2.75) is 32.7 Å². The van der Waals surface area contributed by atoms with Crippen LogP contribution < -0.4 is 10.6 Å². The maximum Gasteiger partial charge on any atom is 0.224 e. The van der Waals surface area contributed by atoms with Crippen LogP contribution in [0.15, 0.2) is 0 Å². The Labute approximate surface area is 91.8 Å². The lowest BCUT2D eigenvalue weighted by Crippen LogP contribution is -2.37. The van der Waals surface area contributed by atoms with Crippen LogP contribution in [-0.4, -0.2) is 38.3 Å². The van der Waals surface area contributed by atoms with Crippen LogP contribution in [0.4, 0.5) is 0 Å². The summed E-state index contributed by atoms with van der Waals surface area (Å²) in [5.74, 6) is 0.334. The Balaban J connectivity index is 2.08. The molecule has 2 N–H and O–H groups in total. The van der Waals surface area contributed by atoms with Crippen molar-refractivity contribution in [2.24, 2.45) is 5.92 Å². The summed E-state index contributed by atoms with van der Waals surface area (Å²) in [5, 5.41) is 6.23. The molecular formula is C11H22N2O2. The standard InChI is InChI=1S/C11H22N2O2/c1-3-15-8-4-6-13-11(14)10-5-7-12-9(10)2/h9-10,12H,3-8H2,1-2H3,(H,13,14). The zero-order chi connectivity index (χ0) is 11.1. The number of carbonyl (C=O) groups is 1. The summed E-state index contributed by atoms with van der Waals surface area (Å²) in [7, 11) is 0. The zero-order valence-electron chi connectivity index (χ0n) is 9.71. The van der Waals surface area contributed by atoms with Crippen molar-refractivity contribution in [3.05, 3.63) is 0 Å². The van der Waals surface area contributed by atoms with E-state index in [1.165, 1.54) is 0 Å². The van der Waals surface area contributed by atoms with Gasteiger partial charge in [0.05, 0.1) is 5.92 Å². The van der Waals surface area contributed by atoms with Gasteiger partial charge in [-0.1, -0.05) is 0 Å². The topological polar surface area (TPSA) is 50.4 Å². The fraction of sp³-hybridized carbons (Fsp3) is 0.909. The Morgan fingerprint density at radius 3 is 3.00 bits per heavy atom. The molecule has 1 aliphatic rings. The number of ether oxygens (including phenoxy) is 1. The van der Waals surface area contributed by atoms with Crippen LogP contribution in [0.2, 0.25) is 0 Å². The molecule has 1 aliphatic heterocycles. The van der Waals surface area contributed by atoms with Crippen molar-refractivity contribution in [1.29, 1.82) is 0 Å². The highest BCUT2D eigenvalue weighted by molar-refractivity contribution is 5.79. The van der Waals surface area contributed by atoms with Gasteiger partial charge in [0.2, 0.25) is 5.91 Å². The summed E-state index contributed by atoms with van der Waals surface area (Å²) in [4.78, 5) is 11.7. The van der Waals surface area contributed by atoms with E-state index in [0.717, 1.165) is 39.1 Å². The summed E-state index contributed by atoms with van der Waals surface area (Å²) < 4.78 is 5.20. The smallest absolute Gasteiger partial charge is 0.224 e. The predicted molar refractivity (Wildman–Crippen MR) is 59.7 cm³/mol. The maximum atomic E-state index is 11.7. The molecule has 4 nitrogen and oxygen atoms in total. The fourth-order valence-electron chi connectivity index (χ4n) is 1.88. The summed E-state index contributed by atoms with van der Waals surface area (Å²) in [6.45, 7) is 7.20. The number of rotatable bonds is 6. The first-order valence-corrected chi connectivity index (χ1v) is 5.84. The van der Waals surface area contributed by atoms with E-state index in [2.05, 4.69) is 17.6 Å². The van der Waals surface area contributed by atoms with Gasteiger partial charge in [-0.15, -0.1) is 0 Å². The normalized spacial score (nSPS) is 25.5. The molecule has 15 heavy (non-hydrogen) atoms. The average Bonchev–Trinajstić information content (AvgIpc) is 2.64. The third kappa shape index (κ3) is 4.18. The van der Waals surface area contributed by atoms with Gasteiger partial charge >= 0.3 is 0 Å². The van der Waals surface area contributed by atoms with Crippen LogP contribution in [0, 0.1) is 5.92 Å². The maximum absolute atomic E-state index is 11.7. The van der Waals surface area contributed by atoms with Gasteiger partial charge in [0, 0.05) is 25.8 Å². The molecule has 1 amide bonds. The van der Waals surface area contributed by atoms with Crippen molar-refractivity contribution < 1.29 is 9.53 Å². The van der Waals surface area contributed by atoms with Crippen molar-refractivity contribution in [2.75, 3.05) is 26.3 Å². The number of hydrogen-bond donors (Lipinski definition) is 2. The van der Waals surface area contributed by atoms with Gasteiger partial charge in [-0.3, -0.25) is 4.79 Å². The Hall–Kier alpha value is -0.610. The molecule has 1 heterocycles. The lowest BCUT2D eigenvalue weighted by Gasteiger charge is -2.14. The van der Waals surface area contributed by atoms with E-state index in [1.807, 2.05) is 6.92 Å². The summed E-state index contributed by atoms with van der Waals surface area (Å²) >= 11 is 0. The van der Waals surface area contributed by atoms with E-state index in [-0.39, 0.29) is 11.8 Å². The van der Waals surface area contributed by atoms with Crippen LogP contribution in [0.3, 0.4) is 0 Å². The van der Waals surface area contributed by atoms with Crippen LogP contribution in [0.25, 0.3) is 0 Å². The van der Waals surface area contributed by atoms with Gasteiger partial charge in [-0.2, -0.15) is 0 Å². The van der Waals surface area contributed by atoms with E-state index >= 15 is 0 Å². The molecule has 0 spiro atoms. The molecule has 0 bridgehead atoms. The zero-order valence-corrected chi connectivity index (χ0v) is 9.71. The SMILES string of the molecule is CCOCCCNC(=O)C1CCNC1C. The highest BCUT2D eigenvalue weighted by Crippen LogP contribution is 2.14. The van der Waals surface area contributed by atoms with Crippen molar-refractivity contribution in [3.8, 4) is 0 Å². The number of nitrogens with one attached hydrogen (secondary N) is 2. The van der Waals surface area contributed by atoms with Crippen LogP contribution in [-0.2, 0) is 9.53 Å². The molecule has 1 rings (SSSR count). The molecule has 4 heteroatoms. The third-order valence-corrected chi connectivity index (χ3v) is 2.83. The lowest BCUT2D eigenvalue weighted by molar-refractivity contribution is -0.125. The molecule has 1 fully saturated rings. The summed E-state index contributed by atoms with van der Waals surface area (Å²) in [5.41, 5.74) is 0. The quantitative estimate of drug-likeness (QED) is 0.634. The Morgan fingerprint density at radius 1 is 1.60 bits per heavy atom. The molecule has 88 valence electrons. The largest absolute Gasteiger partial charge is 0.382 e. The second-order valence-electron chi connectivity index (χ2n) is 3.98. The van der Waals surface area contributed by atoms with E-state index in [4.69, 9.17) is 4.74 Å². The van der Waals surface area contributed by atoms with Crippen molar-refractivity contribution >= 4 is 5.91 Å². The predicted octanol–water partition coefficient (Wildman–Crippen LogP) is 0.527. The van der Waals surface area contributed by atoms with Crippen LogP contribution >= 0.6 is 0 Å². The minimum absolute atomic E-state index is 0.150. The molecule has 0 radical (unpaired) electrons. The van der Waals surface area contributed by atoms with Crippen molar-refractivity contribution in [3.63, 3.8) is 0 Å². The molecular weight excluding hydrogens is 192 g/mol. The molecule has 0 aromatic heterocycles. The van der Waals surface area contributed by atoms with Gasteiger partial charge in [0.15, 0.2) is 0 Å². The van der Waals surface area contributed by atoms with Crippen LogP contribution in [0.1, 0.15) is 26.7 Å².